The highest BCUT2D eigenvalue weighted by Crippen LogP contribution is 2.34. The summed E-state index contributed by atoms with van der Waals surface area (Å²) in [6, 6.07) is 4.02. The zero-order valence-electron chi connectivity index (χ0n) is 20.9. The molecule has 0 N–H and O–H groups in total. The van der Waals surface area contributed by atoms with Gasteiger partial charge in [-0.2, -0.15) is 0 Å². The number of hydrogen-bond donors (Lipinski definition) is 0. The van der Waals surface area contributed by atoms with E-state index in [1.165, 1.54) is 0 Å². The molecule has 0 aliphatic carbocycles. The van der Waals surface area contributed by atoms with Crippen molar-refractivity contribution in [2.75, 3.05) is 26.8 Å². The smallest absolute Gasteiger partial charge is 0.419 e. The molecule has 3 rings (SSSR count). The maximum atomic E-state index is 12.7. The molecule has 1 aliphatic rings. The molecular weight excluding hydrogens is 404 g/mol. The summed E-state index contributed by atoms with van der Waals surface area (Å²) < 4.78 is 18.7. The highest BCUT2D eigenvalue weighted by molar-refractivity contribution is 5.95. The Balaban J connectivity index is 0.00000114. The van der Waals surface area contributed by atoms with Crippen LogP contribution in [0.2, 0.25) is 0 Å². The van der Waals surface area contributed by atoms with Gasteiger partial charge in [0.2, 0.25) is 0 Å². The van der Waals surface area contributed by atoms with Gasteiger partial charge in [-0.3, -0.25) is 9.47 Å². The van der Waals surface area contributed by atoms with Gasteiger partial charge >= 0.3 is 6.09 Å². The first-order valence-electron chi connectivity index (χ1n) is 11.5. The van der Waals surface area contributed by atoms with Crippen LogP contribution in [0, 0.1) is 6.92 Å². The maximum Gasteiger partial charge on any atom is 0.419 e. The third kappa shape index (κ3) is 6.59. The number of piperidine rings is 1. The number of aryl methyl sites for hydroxylation is 1. The van der Waals surface area contributed by atoms with Gasteiger partial charge in [0.05, 0.1) is 18.7 Å². The van der Waals surface area contributed by atoms with Gasteiger partial charge in [0, 0.05) is 43.4 Å². The first kappa shape index (κ1) is 25.9. The molecule has 2 aromatic rings. The molecule has 0 bridgehead atoms. The lowest BCUT2D eigenvalue weighted by Gasteiger charge is -2.32. The molecule has 178 valence electrons. The Morgan fingerprint density at radius 3 is 2.44 bits per heavy atom. The van der Waals surface area contributed by atoms with Crippen LogP contribution in [0.15, 0.2) is 31.0 Å². The number of carbonyl (C=O) groups is 1. The second-order valence-corrected chi connectivity index (χ2v) is 9.14. The predicted octanol–water partition coefficient (Wildman–Crippen LogP) is 5.93. The summed E-state index contributed by atoms with van der Waals surface area (Å²) >= 11 is 0. The Labute approximate surface area is 193 Å². The Kier molecular flexibility index (Phi) is 9.34. The number of carbonyl (C=O) groups excluding carboxylic acids is 1. The van der Waals surface area contributed by atoms with Gasteiger partial charge in [-0.05, 0) is 72.1 Å². The molecule has 1 fully saturated rings. The molecule has 0 saturated carbocycles. The molecule has 6 heteroatoms. The number of fused-ring (bicyclic) bond motifs is 1. The van der Waals surface area contributed by atoms with Crippen molar-refractivity contribution in [1.29, 1.82) is 0 Å². The maximum absolute atomic E-state index is 12.7. The average Bonchev–Trinajstić information content (AvgIpc) is 3.17. The molecule has 1 saturated heterocycles. The second-order valence-electron chi connectivity index (χ2n) is 9.14. The number of ether oxygens (including phenoxy) is 3. The molecule has 1 aliphatic heterocycles. The minimum Gasteiger partial charge on any atom is -0.496 e. The van der Waals surface area contributed by atoms with Crippen LogP contribution in [0.3, 0.4) is 0 Å². The van der Waals surface area contributed by atoms with Crippen LogP contribution in [0.4, 0.5) is 4.79 Å². The van der Waals surface area contributed by atoms with Crippen molar-refractivity contribution in [2.45, 2.75) is 72.6 Å². The lowest BCUT2D eigenvalue weighted by atomic mass is 10.0. The van der Waals surface area contributed by atoms with E-state index in [9.17, 15) is 4.79 Å². The van der Waals surface area contributed by atoms with Gasteiger partial charge in [-0.25, -0.2) is 4.79 Å². The third-order valence-corrected chi connectivity index (χ3v) is 5.36. The second kappa shape index (κ2) is 11.5. The van der Waals surface area contributed by atoms with Gasteiger partial charge in [0.15, 0.2) is 0 Å². The predicted molar refractivity (Wildman–Crippen MR) is 131 cm³/mol. The summed E-state index contributed by atoms with van der Waals surface area (Å²) in [5, 5.41) is 1.04. The number of likely N-dealkylation sites (tertiary alicyclic amines) is 1. The summed E-state index contributed by atoms with van der Waals surface area (Å²) in [5.41, 5.74) is 2.46. The Morgan fingerprint density at radius 1 is 1.28 bits per heavy atom. The van der Waals surface area contributed by atoms with E-state index < -0.39 is 5.60 Å². The van der Waals surface area contributed by atoms with E-state index in [2.05, 4.69) is 18.4 Å². The van der Waals surface area contributed by atoms with Gasteiger partial charge in [-0.1, -0.05) is 6.08 Å². The normalized spacial score (nSPS) is 15.2. The lowest BCUT2D eigenvalue weighted by molar-refractivity contribution is 0.0125. The van der Waals surface area contributed by atoms with Crippen molar-refractivity contribution in [3.8, 4) is 5.75 Å². The number of benzene rings is 1. The largest absolute Gasteiger partial charge is 0.496 e. The van der Waals surface area contributed by atoms with Gasteiger partial charge < -0.3 is 14.2 Å². The Morgan fingerprint density at radius 2 is 1.91 bits per heavy atom. The van der Waals surface area contributed by atoms with Crippen LogP contribution in [0.5, 0.6) is 5.75 Å². The van der Waals surface area contributed by atoms with Crippen molar-refractivity contribution in [3.05, 3.63) is 42.1 Å². The highest BCUT2D eigenvalue weighted by Gasteiger charge is 2.24. The molecule has 32 heavy (non-hydrogen) atoms. The fraction of sp³-hybridized carbons (Fsp3) is 0.577. The quantitative estimate of drug-likeness (QED) is 0.535. The zero-order chi connectivity index (χ0) is 23.9. The zero-order valence-corrected chi connectivity index (χ0v) is 20.9. The molecule has 2 heterocycles. The van der Waals surface area contributed by atoms with E-state index in [-0.39, 0.29) is 6.09 Å². The van der Waals surface area contributed by atoms with E-state index in [1.54, 1.807) is 23.9 Å². The Bertz CT molecular complexity index is 903. The fourth-order valence-electron chi connectivity index (χ4n) is 4.06. The monoisotopic (exact) mass is 444 g/mol. The standard InChI is InChI=1S/C23H34N2O4.C3H6/c1-7-28-17-8-11-24(12-9-17)15-19-18-10-13-25(22(26)29-23(3,4)5)21(18)16(2)14-20(19)27-6;1-3-2/h10,13-14,17H,7-9,11-12,15H2,1-6H3;3H,1H2,2H3. The molecular formula is C26H40N2O4. The van der Waals surface area contributed by atoms with Crippen molar-refractivity contribution in [3.63, 3.8) is 0 Å². The van der Waals surface area contributed by atoms with Crippen LogP contribution in [0.1, 0.15) is 58.6 Å². The summed E-state index contributed by atoms with van der Waals surface area (Å²) in [6.07, 6.45) is 5.65. The van der Waals surface area contributed by atoms with E-state index >= 15 is 0 Å². The van der Waals surface area contributed by atoms with Crippen molar-refractivity contribution >= 4 is 17.0 Å². The summed E-state index contributed by atoms with van der Waals surface area (Å²) in [6.45, 7) is 18.5. The van der Waals surface area contributed by atoms with E-state index in [4.69, 9.17) is 14.2 Å². The van der Waals surface area contributed by atoms with Crippen LogP contribution >= 0.6 is 0 Å². The van der Waals surface area contributed by atoms with Crippen molar-refractivity contribution in [2.24, 2.45) is 0 Å². The number of methoxy groups -OCH3 is 1. The minimum absolute atomic E-state index is 0.357. The van der Waals surface area contributed by atoms with Gasteiger partial charge in [0.1, 0.15) is 11.4 Å². The average molecular weight is 445 g/mol. The first-order chi connectivity index (χ1) is 15.1. The molecule has 0 atom stereocenters. The lowest BCUT2D eigenvalue weighted by Crippen LogP contribution is -2.36. The molecule has 0 amide bonds. The van der Waals surface area contributed by atoms with Crippen LogP contribution < -0.4 is 4.74 Å². The van der Waals surface area contributed by atoms with Crippen molar-refractivity contribution < 1.29 is 19.0 Å². The minimum atomic E-state index is -0.540. The van der Waals surface area contributed by atoms with Crippen LogP contribution in [-0.2, 0) is 16.0 Å². The van der Waals surface area contributed by atoms with Crippen molar-refractivity contribution in [1.82, 2.24) is 9.47 Å². The topological polar surface area (TPSA) is 52.9 Å². The third-order valence-electron chi connectivity index (χ3n) is 5.36. The number of nitrogens with zero attached hydrogens (tertiary/aromatic N) is 2. The number of hydrogen-bond acceptors (Lipinski definition) is 5. The molecule has 0 spiro atoms. The molecule has 1 aromatic carbocycles. The Hall–Kier alpha value is -2.31. The molecule has 0 radical (unpaired) electrons. The summed E-state index contributed by atoms with van der Waals surface area (Å²) in [7, 11) is 1.70. The first-order valence-corrected chi connectivity index (χ1v) is 11.5. The van der Waals surface area contributed by atoms with Crippen LogP contribution in [-0.4, -0.2) is 54.1 Å². The SMILES string of the molecule is C=CC.CCOC1CCN(Cc2c(OC)cc(C)c3c2ccn3C(=O)OC(C)(C)C)CC1. The summed E-state index contributed by atoms with van der Waals surface area (Å²) in [4.78, 5) is 15.2. The summed E-state index contributed by atoms with van der Waals surface area (Å²) in [5.74, 6) is 0.865. The van der Waals surface area contributed by atoms with E-state index in [0.29, 0.717) is 6.10 Å². The number of allylic oxidation sites excluding steroid dienone is 1. The fourth-order valence-corrected chi connectivity index (χ4v) is 4.06. The number of rotatable bonds is 5. The van der Waals surface area contributed by atoms with E-state index in [0.717, 1.165) is 66.9 Å². The van der Waals surface area contributed by atoms with E-state index in [1.807, 2.05) is 46.8 Å². The molecule has 1 aromatic heterocycles. The molecule has 0 unspecified atom stereocenters. The van der Waals surface area contributed by atoms with Gasteiger partial charge in [0.25, 0.3) is 0 Å². The molecule has 6 nitrogen and oxygen atoms in total. The van der Waals surface area contributed by atoms with Gasteiger partial charge in [-0.15, -0.1) is 6.58 Å². The number of aromatic nitrogens is 1. The highest BCUT2D eigenvalue weighted by atomic mass is 16.6. The van der Waals surface area contributed by atoms with Crippen LogP contribution in [0.25, 0.3) is 10.9 Å².